The van der Waals surface area contributed by atoms with Crippen LogP contribution in [0.2, 0.25) is 0 Å². The fourth-order valence-corrected chi connectivity index (χ4v) is 3.06. The molecule has 1 aromatic carbocycles. The van der Waals surface area contributed by atoms with E-state index < -0.39 is 0 Å². The maximum atomic E-state index is 4.30. The first-order chi connectivity index (χ1) is 9.81. The molecule has 20 heavy (non-hydrogen) atoms. The highest BCUT2D eigenvalue weighted by molar-refractivity contribution is 5.20. The van der Waals surface area contributed by atoms with Crippen LogP contribution < -0.4 is 5.32 Å². The van der Waals surface area contributed by atoms with E-state index in [9.17, 15) is 0 Å². The first kappa shape index (κ1) is 13.3. The summed E-state index contributed by atoms with van der Waals surface area (Å²) in [5, 5.41) is 7.89. The number of nitrogens with zero attached hydrogens (tertiary/aromatic N) is 3. The van der Waals surface area contributed by atoms with Gasteiger partial charge in [0.05, 0.1) is 6.54 Å². The highest BCUT2D eigenvalue weighted by Crippen LogP contribution is 2.32. The lowest BCUT2D eigenvalue weighted by Gasteiger charge is -2.29. The standard InChI is InChI=1S/C16H22N4/c1-20-12-18-16(19-20)11-17-15-9-7-14(8-10-15)13-5-3-2-4-6-13/h2-6,12,14-15,17H,7-11H2,1H3. The van der Waals surface area contributed by atoms with Gasteiger partial charge in [-0.1, -0.05) is 30.3 Å². The second kappa shape index (κ2) is 6.18. The van der Waals surface area contributed by atoms with Crippen LogP contribution in [-0.2, 0) is 13.6 Å². The third kappa shape index (κ3) is 3.25. The molecule has 0 radical (unpaired) electrons. The van der Waals surface area contributed by atoms with Gasteiger partial charge in [-0.25, -0.2) is 4.98 Å². The van der Waals surface area contributed by atoms with Crippen LogP contribution in [-0.4, -0.2) is 20.8 Å². The zero-order chi connectivity index (χ0) is 13.8. The van der Waals surface area contributed by atoms with E-state index in [1.807, 2.05) is 7.05 Å². The van der Waals surface area contributed by atoms with Crippen LogP contribution in [0.1, 0.15) is 43.0 Å². The van der Waals surface area contributed by atoms with Crippen LogP contribution in [0.3, 0.4) is 0 Å². The number of aryl methyl sites for hydroxylation is 1. The fourth-order valence-electron chi connectivity index (χ4n) is 3.06. The highest BCUT2D eigenvalue weighted by atomic mass is 15.3. The lowest BCUT2D eigenvalue weighted by atomic mass is 9.82. The second-order valence-corrected chi connectivity index (χ2v) is 5.67. The minimum absolute atomic E-state index is 0.610. The zero-order valence-electron chi connectivity index (χ0n) is 12.0. The van der Waals surface area contributed by atoms with Crippen molar-refractivity contribution in [1.82, 2.24) is 20.1 Å². The molecule has 0 saturated heterocycles. The molecule has 1 saturated carbocycles. The maximum absolute atomic E-state index is 4.30. The summed E-state index contributed by atoms with van der Waals surface area (Å²) in [4.78, 5) is 4.25. The van der Waals surface area contributed by atoms with Crippen molar-refractivity contribution in [2.45, 2.75) is 44.2 Å². The smallest absolute Gasteiger partial charge is 0.164 e. The molecule has 0 aliphatic heterocycles. The summed E-state index contributed by atoms with van der Waals surface area (Å²) in [6.07, 6.45) is 6.79. The van der Waals surface area contributed by atoms with Crippen LogP contribution >= 0.6 is 0 Å². The van der Waals surface area contributed by atoms with Crippen LogP contribution in [0.4, 0.5) is 0 Å². The highest BCUT2D eigenvalue weighted by Gasteiger charge is 2.21. The van der Waals surface area contributed by atoms with E-state index in [4.69, 9.17) is 0 Å². The number of hydrogen-bond acceptors (Lipinski definition) is 3. The number of benzene rings is 1. The average Bonchev–Trinajstić information content (AvgIpc) is 2.92. The molecule has 4 heteroatoms. The molecule has 1 N–H and O–H groups in total. The second-order valence-electron chi connectivity index (χ2n) is 5.67. The Morgan fingerprint density at radius 2 is 1.90 bits per heavy atom. The fraction of sp³-hybridized carbons (Fsp3) is 0.500. The van der Waals surface area contributed by atoms with Crippen molar-refractivity contribution in [1.29, 1.82) is 0 Å². The van der Waals surface area contributed by atoms with Gasteiger partial charge in [-0.15, -0.1) is 0 Å². The van der Waals surface area contributed by atoms with Gasteiger partial charge in [0.2, 0.25) is 0 Å². The first-order valence-corrected chi connectivity index (χ1v) is 7.44. The Morgan fingerprint density at radius 1 is 1.15 bits per heavy atom. The third-order valence-electron chi connectivity index (χ3n) is 4.19. The van der Waals surface area contributed by atoms with Gasteiger partial charge < -0.3 is 5.32 Å². The largest absolute Gasteiger partial charge is 0.307 e. The lowest BCUT2D eigenvalue weighted by molar-refractivity contribution is 0.339. The predicted octanol–water partition coefficient (Wildman–Crippen LogP) is 2.63. The summed E-state index contributed by atoms with van der Waals surface area (Å²) in [7, 11) is 1.90. The Balaban J connectivity index is 1.47. The number of aromatic nitrogens is 3. The monoisotopic (exact) mass is 270 g/mol. The van der Waals surface area contributed by atoms with E-state index >= 15 is 0 Å². The van der Waals surface area contributed by atoms with E-state index in [1.165, 1.54) is 31.2 Å². The topological polar surface area (TPSA) is 42.7 Å². The van der Waals surface area contributed by atoms with Crippen molar-refractivity contribution in [3.63, 3.8) is 0 Å². The molecule has 1 fully saturated rings. The van der Waals surface area contributed by atoms with Crippen LogP contribution in [0.5, 0.6) is 0 Å². The molecule has 1 aliphatic rings. The van der Waals surface area contributed by atoms with E-state index in [0.29, 0.717) is 6.04 Å². The molecular weight excluding hydrogens is 248 g/mol. The van der Waals surface area contributed by atoms with Gasteiger partial charge in [0.1, 0.15) is 6.33 Å². The van der Waals surface area contributed by atoms with Gasteiger partial charge in [0.15, 0.2) is 5.82 Å². The van der Waals surface area contributed by atoms with Gasteiger partial charge in [-0.05, 0) is 37.2 Å². The molecule has 0 spiro atoms. The van der Waals surface area contributed by atoms with Crippen LogP contribution in [0, 0.1) is 0 Å². The summed E-state index contributed by atoms with van der Waals surface area (Å²) < 4.78 is 1.75. The summed E-state index contributed by atoms with van der Waals surface area (Å²) in [5.74, 6) is 1.62. The van der Waals surface area contributed by atoms with Gasteiger partial charge in [-0.3, -0.25) is 4.68 Å². The Bertz CT molecular complexity index is 526. The van der Waals surface area contributed by atoms with Gasteiger partial charge in [0, 0.05) is 13.1 Å². The molecule has 4 nitrogen and oxygen atoms in total. The average molecular weight is 270 g/mol. The van der Waals surface area contributed by atoms with Crippen molar-refractivity contribution in [2.75, 3.05) is 0 Å². The quantitative estimate of drug-likeness (QED) is 0.928. The molecule has 0 unspecified atom stereocenters. The summed E-state index contributed by atoms with van der Waals surface area (Å²) in [6, 6.07) is 11.5. The third-order valence-corrected chi connectivity index (χ3v) is 4.19. The minimum atomic E-state index is 0.610. The number of rotatable bonds is 4. The van der Waals surface area contributed by atoms with Crippen molar-refractivity contribution in [2.24, 2.45) is 7.05 Å². The van der Waals surface area contributed by atoms with Gasteiger partial charge >= 0.3 is 0 Å². The molecule has 0 amide bonds. The zero-order valence-corrected chi connectivity index (χ0v) is 12.0. The van der Waals surface area contributed by atoms with Crippen LogP contribution in [0.25, 0.3) is 0 Å². The molecule has 1 aromatic heterocycles. The normalized spacial score (nSPS) is 22.9. The Morgan fingerprint density at radius 3 is 2.55 bits per heavy atom. The lowest BCUT2D eigenvalue weighted by Crippen LogP contribution is -2.32. The Kier molecular flexibility index (Phi) is 4.11. The summed E-state index contributed by atoms with van der Waals surface area (Å²) in [6.45, 7) is 0.779. The van der Waals surface area contributed by atoms with E-state index in [-0.39, 0.29) is 0 Å². The van der Waals surface area contributed by atoms with Crippen molar-refractivity contribution in [3.05, 3.63) is 48.0 Å². The van der Waals surface area contributed by atoms with Crippen molar-refractivity contribution < 1.29 is 0 Å². The molecule has 106 valence electrons. The SMILES string of the molecule is Cn1cnc(CNC2CCC(c3ccccc3)CC2)n1. The van der Waals surface area contributed by atoms with E-state index in [1.54, 1.807) is 11.0 Å². The van der Waals surface area contributed by atoms with Crippen molar-refractivity contribution >= 4 is 0 Å². The Labute approximate surface area is 120 Å². The predicted molar refractivity (Wildman–Crippen MR) is 79.3 cm³/mol. The van der Waals surface area contributed by atoms with Crippen molar-refractivity contribution in [3.8, 4) is 0 Å². The molecule has 1 aliphatic carbocycles. The Hall–Kier alpha value is -1.68. The molecule has 0 atom stereocenters. The summed E-state index contributed by atoms with van der Waals surface area (Å²) in [5.41, 5.74) is 1.50. The van der Waals surface area contributed by atoms with Gasteiger partial charge in [0.25, 0.3) is 0 Å². The summed E-state index contributed by atoms with van der Waals surface area (Å²) >= 11 is 0. The first-order valence-electron chi connectivity index (χ1n) is 7.44. The van der Waals surface area contributed by atoms with Crippen LogP contribution in [0.15, 0.2) is 36.7 Å². The molecule has 2 aromatic rings. The van der Waals surface area contributed by atoms with E-state index in [2.05, 4.69) is 45.7 Å². The molecule has 0 bridgehead atoms. The van der Waals surface area contributed by atoms with E-state index in [0.717, 1.165) is 18.3 Å². The molecular formula is C16H22N4. The maximum Gasteiger partial charge on any atom is 0.164 e. The minimum Gasteiger partial charge on any atom is -0.307 e. The molecule has 1 heterocycles. The molecule has 3 rings (SSSR count). The van der Waals surface area contributed by atoms with Gasteiger partial charge in [-0.2, -0.15) is 5.10 Å². The number of nitrogens with one attached hydrogen (secondary N) is 1. The number of hydrogen-bond donors (Lipinski definition) is 1.